The molecule has 1 aromatic carbocycles. The van der Waals surface area contributed by atoms with Gasteiger partial charge in [-0.15, -0.1) is 0 Å². The van der Waals surface area contributed by atoms with Gasteiger partial charge in [-0.2, -0.15) is 0 Å². The maximum Gasteiger partial charge on any atom is 0.220 e. The number of benzene rings is 1. The third kappa shape index (κ3) is 5.19. The molecule has 0 aliphatic carbocycles. The molecule has 1 aliphatic heterocycles. The van der Waals surface area contributed by atoms with Crippen LogP contribution in [0.5, 0.6) is 5.75 Å². The molecule has 0 bridgehead atoms. The molecule has 1 heterocycles. The Morgan fingerprint density at radius 3 is 2.58 bits per heavy atom. The summed E-state index contributed by atoms with van der Waals surface area (Å²) >= 11 is 0. The monoisotopic (exact) mass is 356 g/mol. The fourth-order valence-electron chi connectivity index (χ4n) is 2.54. The van der Waals surface area contributed by atoms with Gasteiger partial charge >= 0.3 is 0 Å². The average Bonchev–Trinajstić information content (AvgIpc) is 2.93. The largest absolute Gasteiger partial charge is 0.508 e. The van der Waals surface area contributed by atoms with E-state index in [1.54, 1.807) is 24.3 Å². The second-order valence-corrected chi connectivity index (χ2v) is 8.43. The summed E-state index contributed by atoms with van der Waals surface area (Å²) in [5.41, 5.74) is 0.956. The highest BCUT2D eigenvalue weighted by Crippen LogP contribution is 2.18. The summed E-state index contributed by atoms with van der Waals surface area (Å²) in [6, 6.07) is 6.43. The second kappa shape index (κ2) is 7.96. The first-order valence-corrected chi connectivity index (χ1v) is 9.44. The van der Waals surface area contributed by atoms with Gasteiger partial charge in [0.2, 0.25) is 15.9 Å². The van der Waals surface area contributed by atoms with E-state index in [0.29, 0.717) is 26.1 Å². The first-order chi connectivity index (χ1) is 11.3. The predicted molar refractivity (Wildman–Crippen MR) is 90.1 cm³/mol. The zero-order chi connectivity index (χ0) is 17.7. The minimum absolute atomic E-state index is 0.0388. The lowest BCUT2D eigenvalue weighted by Crippen LogP contribution is -2.43. The number of aryl methyl sites for hydroxylation is 1. The smallest absolute Gasteiger partial charge is 0.220 e. The van der Waals surface area contributed by atoms with Crippen molar-refractivity contribution in [1.82, 2.24) is 9.62 Å². The van der Waals surface area contributed by atoms with Crippen molar-refractivity contribution in [3.05, 3.63) is 29.8 Å². The molecule has 1 aromatic rings. The van der Waals surface area contributed by atoms with Gasteiger partial charge in [-0.1, -0.05) is 12.1 Å². The zero-order valence-electron chi connectivity index (χ0n) is 13.9. The summed E-state index contributed by atoms with van der Waals surface area (Å²) in [5.74, 6) is -0.222. The Balaban J connectivity index is 1.85. The molecular formula is C16H24N2O5S. The Morgan fingerprint density at radius 2 is 1.96 bits per heavy atom. The van der Waals surface area contributed by atoms with Gasteiger partial charge < -0.3 is 15.2 Å². The van der Waals surface area contributed by atoms with Crippen molar-refractivity contribution in [1.29, 1.82) is 0 Å². The molecule has 0 radical (unpaired) electrons. The fraction of sp³-hybridized carbons (Fsp3) is 0.562. The third-order valence-corrected chi connectivity index (χ3v) is 6.06. The Hall–Kier alpha value is -1.64. The van der Waals surface area contributed by atoms with Crippen molar-refractivity contribution >= 4 is 15.9 Å². The second-order valence-electron chi connectivity index (χ2n) is 6.20. The van der Waals surface area contributed by atoms with E-state index in [-0.39, 0.29) is 29.4 Å². The number of nitrogens with one attached hydrogen (secondary N) is 1. The van der Waals surface area contributed by atoms with Gasteiger partial charge in [0.15, 0.2) is 0 Å². The van der Waals surface area contributed by atoms with Gasteiger partial charge in [-0.25, -0.2) is 12.7 Å². The number of carbonyl (C=O) groups is 1. The molecule has 1 amide bonds. The molecule has 1 saturated heterocycles. The summed E-state index contributed by atoms with van der Waals surface area (Å²) in [6.07, 6.45) is 0.856. The van der Waals surface area contributed by atoms with E-state index in [9.17, 15) is 18.3 Å². The van der Waals surface area contributed by atoms with Crippen LogP contribution in [0.25, 0.3) is 0 Å². The Kier molecular flexibility index (Phi) is 6.20. The van der Waals surface area contributed by atoms with Gasteiger partial charge in [0, 0.05) is 26.4 Å². The van der Waals surface area contributed by atoms with E-state index in [4.69, 9.17) is 4.74 Å². The van der Waals surface area contributed by atoms with Crippen LogP contribution in [0.2, 0.25) is 0 Å². The maximum atomic E-state index is 12.1. The van der Waals surface area contributed by atoms with Gasteiger partial charge in [0.1, 0.15) is 5.75 Å². The number of carbonyl (C=O) groups excluding carboxylic acids is 1. The Bertz CT molecular complexity index is 658. The molecule has 0 saturated carbocycles. The number of nitrogens with zero attached hydrogens (tertiary/aromatic N) is 1. The molecular weight excluding hydrogens is 332 g/mol. The number of amides is 1. The quantitative estimate of drug-likeness (QED) is 0.735. The summed E-state index contributed by atoms with van der Waals surface area (Å²) < 4.78 is 30.5. The molecule has 2 N–H and O–H groups in total. The van der Waals surface area contributed by atoms with Gasteiger partial charge in [0.05, 0.1) is 25.0 Å². The third-order valence-electron chi connectivity index (χ3n) is 4.10. The number of phenolic OH excluding ortho intramolecular Hbond substituents is 1. The first kappa shape index (κ1) is 18.7. The van der Waals surface area contributed by atoms with Crippen LogP contribution < -0.4 is 5.32 Å². The fourth-order valence-corrected chi connectivity index (χ4v) is 3.71. The molecule has 0 unspecified atom stereocenters. The van der Waals surface area contributed by atoms with E-state index in [1.165, 1.54) is 18.4 Å². The van der Waals surface area contributed by atoms with Crippen LogP contribution in [0.4, 0.5) is 0 Å². The molecule has 2 rings (SSSR count). The topological polar surface area (TPSA) is 95.9 Å². The van der Waals surface area contributed by atoms with E-state index in [1.807, 2.05) is 0 Å². The predicted octanol–water partition coefficient (Wildman–Crippen LogP) is 0.347. The van der Waals surface area contributed by atoms with Gasteiger partial charge in [0.25, 0.3) is 0 Å². The number of aromatic hydroxyl groups is 1. The summed E-state index contributed by atoms with van der Waals surface area (Å²) in [7, 11) is -0.339. The molecule has 7 nitrogen and oxygen atoms in total. The molecule has 8 heteroatoms. The van der Waals surface area contributed by atoms with Crippen LogP contribution in [0.1, 0.15) is 12.0 Å². The molecule has 24 heavy (non-hydrogen) atoms. The molecule has 0 spiro atoms. The highest BCUT2D eigenvalue weighted by Gasteiger charge is 2.33. The van der Waals surface area contributed by atoms with Gasteiger partial charge in [-0.3, -0.25) is 4.79 Å². The van der Waals surface area contributed by atoms with Crippen molar-refractivity contribution in [3.63, 3.8) is 0 Å². The molecule has 2 atom stereocenters. The highest BCUT2D eigenvalue weighted by molar-refractivity contribution is 7.89. The number of phenols is 1. The van der Waals surface area contributed by atoms with Crippen molar-refractivity contribution < 1.29 is 23.1 Å². The lowest BCUT2D eigenvalue weighted by molar-refractivity contribution is -0.121. The highest BCUT2D eigenvalue weighted by atomic mass is 32.2. The number of rotatable bonds is 7. The van der Waals surface area contributed by atoms with Crippen molar-refractivity contribution in [2.45, 2.75) is 18.9 Å². The Morgan fingerprint density at radius 1 is 1.29 bits per heavy atom. The van der Waals surface area contributed by atoms with Crippen LogP contribution in [0.3, 0.4) is 0 Å². The molecule has 134 valence electrons. The molecule has 1 aliphatic rings. The van der Waals surface area contributed by atoms with E-state index in [2.05, 4.69) is 5.32 Å². The standard InChI is InChI=1S/C16H24N2O5S/c1-18(2)24(21,22)11-13-9-23-10-15(13)17-16(20)8-5-12-3-6-14(19)7-4-12/h3-4,6-7,13,15,19H,5,8-11H2,1-2H3,(H,17,20)/t13-,15+/m0/s1. The summed E-state index contributed by atoms with van der Waals surface area (Å²) in [4.78, 5) is 12.1. The number of hydrogen-bond acceptors (Lipinski definition) is 5. The number of sulfonamides is 1. The first-order valence-electron chi connectivity index (χ1n) is 7.83. The Labute approximate surface area is 142 Å². The maximum absolute atomic E-state index is 12.1. The van der Waals surface area contributed by atoms with Crippen LogP contribution in [0, 0.1) is 5.92 Å². The van der Waals surface area contributed by atoms with E-state index in [0.717, 1.165) is 5.56 Å². The van der Waals surface area contributed by atoms with Crippen LogP contribution >= 0.6 is 0 Å². The number of ether oxygens (including phenoxy) is 1. The average molecular weight is 356 g/mol. The van der Waals surface area contributed by atoms with Crippen molar-refractivity contribution in [2.75, 3.05) is 33.1 Å². The van der Waals surface area contributed by atoms with Crippen LogP contribution in [-0.2, 0) is 26.0 Å². The molecule has 0 aromatic heterocycles. The minimum atomic E-state index is -3.33. The van der Waals surface area contributed by atoms with Gasteiger partial charge in [-0.05, 0) is 24.1 Å². The van der Waals surface area contributed by atoms with E-state index < -0.39 is 10.0 Å². The zero-order valence-corrected chi connectivity index (χ0v) is 14.8. The summed E-state index contributed by atoms with van der Waals surface area (Å²) in [5, 5.41) is 12.1. The lowest BCUT2D eigenvalue weighted by atomic mass is 10.1. The summed E-state index contributed by atoms with van der Waals surface area (Å²) in [6.45, 7) is 0.661. The van der Waals surface area contributed by atoms with Crippen LogP contribution in [0.15, 0.2) is 24.3 Å². The number of hydrogen-bond donors (Lipinski definition) is 2. The minimum Gasteiger partial charge on any atom is -0.508 e. The van der Waals surface area contributed by atoms with Crippen molar-refractivity contribution in [2.24, 2.45) is 5.92 Å². The lowest BCUT2D eigenvalue weighted by Gasteiger charge is -2.21. The van der Waals surface area contributed by atoms with Crippen LogP contribution in [-0.4, -0.2) is 62.8 Å². The van der Waals surface area contributed by atoms with E-state index >= 15 is 0 Å². The SMILES string of the molecule is CN(C)S(=O)(=O)C[C@@H]1COC[C@H]1NC(=O)CCc1ccc(O)cc1. The molecule has 1 fully saturated rings. The normalized spacial score (nSPS) is 21.1. The van der Waals surface area contributed by atoms with Crippen molar-refractivity contribution in [3.8, 4) is 5.75 Å².